The molecule has 0 aliphatic heterocycles. The molecule has 96 valence electrons. The van der Waals surface area contributed by atoms with Gasteiger partial charge in [0.05, 0.1) is 10.8 Å². The van der Waals surface area contributed by atoms with Gasteiger partial charge < -0.3 is 5.32 Å². The average Bonchev–Trinajstić information content (AvgIpc) is 2.34. The Morgan fingerprint density at radius 1 is 1.47 bits per heavy atom. The molecule has 1 rings (SSSR count). The van der Waals surface area contributed by atoms with Gasteiger partial charge in [0.2, 0.25) is 0 Å². The van der Waals surface area contributed by atoms with Gasteiger partial charge in [0.25, 0.3) is 0 Å². The summed E-state index contributed by atoms with van der Waals surface area (Å²) < 4.78 is 12.2. The quantitative estimate of drug-likeness (QED) is 0.863. The van der Waals surface area contributed by atoms with Crippen LogP contribution in [0.25, 0.3) is 0 Å². The number of nitrogens with one attached hydrogen (secondary N) is 1. The molecule has 1 N–H and O–H groups in total. The second-order valence-corrected chi connectivity index (χ2v) is 6.18. The Bertz CT molecular complexity index is 383. The van der Waals surface area contributed by atoms with E-state index in [-0.39, 0.29) is 6.04 Å². The fourth-order valence-electron chi connectivity index (χ4n) is 1.68. The summed E-state index contributed by atoms with van der Waals surface area (Å²) in [5, 5.41) is 3.88. The largest absolute Gasteiger partial charge is 0.316 e. The number of benzene rings is 1. The van der Waals surface area contributed by atoms with E-state index in [1.807, 2.05) is 19.2 Å². The van der Waals surface area contributed by atoms with Crippen LogP contribution in [0.5, 0.6) is 0 Å². The SMILES string of the molecule is CCC(C)C(CS(=O)c1cccc(Cl)c1)NC. The molecule has 4 heteroatoms. The molecule has 0 bridgehead atoms. The van der Waals surface area contributed by atoms with E-state index in [0.29, 0.717) is 16.7 Å². The summed E-state index contributed by atoms with van der Waals surface area (Å²) in [6.07, 6.45) is 1.08. The van der Waals surface area contributed by atoms with Crippen LogP contribution in [-0.4, -0.2) is 23.1 Å². The van der Waals surface area contributed by atoms with Gasteiger partial charge in [-0.1, -0.05) is 37.9 Å². The van der Waals surface area contributed by atoms with E-state index in [1.54, 1.807) is 12.1 Å². The topological polar surface area (TPSA) is 29.1 Å². The smallest absolute Gasteiger partial charge is 0.0545 e. The van der Waals surface area contributed by atoms with Crippen LogP contribution in [-0.2, 0) is 10.8 Å². The molecule has 0 amide bonds. The fourth-order valence-corrected chi connectivity index (χ4v) is 3.44. The van der Waals surface area contributed by atoms with Gasteiger partial charge in [-0.2, -0.15) is 0 Å². The molecule has 2 nitrogen and oxygen atoms in total. The summed E-state index contributed by atoms with van der Waals surface area (Å²) in [7, 11) is 0.930. The first-order chi connectivity index (χ1) is 8.08. The van der Waals surface area contributed by atoms with Gasteiger partial charge in [-0.3, -0.25) is 4.21 Å². The molecule has 17 heavy (non-hydrogen) atoms. The Morgan fingerprint density at radius 2 is 2.18 bits per heavy atom. The molecule has 0 aliphatic rings. The molecule has 0 aromatic heterocycles. The van der Waals surface area contributed by atoms with Crippen molar-refractivity contribution >= 4 is 22.4 Å². The molecule has 1 aromatic rings. The van der Waals surface area contributed by atoms with Crippen molar-refractivity contribution in [1.29, 1.82) is 0 Å². The maximum absolute atomic E-state index is 12.2. The lowest BCUT2D eigenvalue weighted by Crippen LogP contribution is -2.36. The number of hydrogen-bond donors (Lipinski definition) is 1. The van der Waals surface area contributed by atoms with Crippen LogP contribution < -0.4 is 5.32 Å². The molecule has 0 heterocycles. The van der Waals surface area contributed by atoms with E-state index < -0.39 is 10.8 Å². The van der Waals surface area contributed by atoms with Crippen LogP contribution in [0.15, 0.2) is 29.2 Å². The Hall–Kier alpha value is -0.380. The lowest BCUT2D eigenvalue weighted by atomic mass is 10.0. The lowest BCUT2D eigenvalue weighted by molar-refractivity contribution is 0.418. The van der Waals surface area contributed by atoms with Crippen molar-refractivity contribution in [3.05, 3.63) is 29.3 Å². The zero-order valence-corrected chi connectivity index (χ0v) is 12.1. The summed E-state index contributed by atoms with van der Waals surface area (Å²) in [4.78, 5) is 0.807. The van der Waals surface area contributed by atoms with E-state index in [0.717, 1.165) is 11.3 Å². The molecule has 0 saturated heterocycles. The van der Waals surface area contributed by atoms with E-state index >= 15 is 0 Å². The van der Waals surface area contributed by atoms with Gasteiger partial charge in [0, 0.05) is 21.7 Å². The van der Waals surface area contributed by atoms with Crippen molar-refractivity contribution < 1.29 is 4.21 Å². The highest BCUT2D eigenvalue weighted by Gasteiger charge is 2.17. The first kappa shape index (κ1) is 14.7. The molecule has 3 atom stereocenters. The normalized spacial score (nSPS) is 16.5. The third kappa shape index (κ3) is 4.41. The van der Waals surface area contributed by atoms with E-state index in [1.165, 1.54) is 0 Å². The van der Waals surface area contributed by atoms with Crippen molar-refractivity contribution in [3.8, 4) is 0 Å². The van der Waals surface area contributed by atoms with Crippen LogP contribution in [0.1, 0.15) is 20.3 Å². The van der Waals surface area contributed by atoms with Gasteiger partial charge in [0.1, 0.15) is 0 Å². The van der Waals surface area contributed by atoms with Crippen molar-refractivity contribution in [2.45, 2.75) is 31.2 Å². The molecule has 0 saturated carbocycles. The summed E-state index contributed by atoms with van der Waals surface area (Å²) in [5.41, 5.74) is 0. The molecule has 1 aromatic carbocycles. The Kier molecular flexibility index (Phi) is 6.17. The lowest BCUT2D eigenvalue weighted by Gasteiger charge is -2.21. The van der Waals surface area contributed by atoms with Crippen molar-refractivity contribution in [3.63, 3.8) is 0 Å². The maximum Gasteiger partial charge on any atom is 0.0545 e. The highest BCUT2D eigenvalue weighted by molar-refractivity contribution is 7.85. The third-order valence-electron chi connectivity index (χ3n) is 3.09. The number of rotatable bonds is 6. The second kappa shape index (κ2) is 7.14. The zero-order valence-electron chi connectivity index (χ0n) is 10.6. The van der Waals surface area contributed by atoms with Crippen molar-refractivity contribution in [1.82, 2.24) is 5.32 Å². The van der Waals surface area contributed by atoms with E-state index in [2.05, 4.69) is 19.2 Å². The minimum atomic E-state index is -0.993. The van der Waals surface area contributed by atoms with Crippen molar-refractivity contribution in [2.75, 3.05) is 12.8 Å². The number of halogens is 1. The summed E-state index contributed by atoms with van der Waals surface area (Å²) in [5.74, 6) is 1.15. The maximum atomic E-state index is 12.2. The molecule has 0 fully saturated rings. The Balaban J connectivity index is 2.71. The molecule has 0 radical (unpaired) electrons. The summed E-state index contributed by atoms with van der Waals surface area (Å²) >= 11 is 5.90. The van der Waals surface area contributed by atoms with Crippen LogP contribution in [0.2, 0.25) is 5.02 Å². The predicted octanol–water partition coefficient (Wildman–Crippen LogP) is 3.08. The first-order valence-corrected chi connectivity index (χ1v) is 7.59. The summed E-state index contributed by atoms with van der Waals surface area (Å²) in [6, 6.07) is 7.56. The molecule has 0 spiro atoms. The molecular weight excluding hydrogens is 254 g/mol. The van der Waals surface area contributed by atoms with Crippen LogP contribution in [0.4, 0.5) is 0 Å². The Morgan fingerprint density at radius 3 is 2.71 bits per heavy atom. The predicted molar refractivity (Wildman–Crippen MR) is 75.0 cm³/mol. The van der Waals surface area contributed by atoms with Crippen LogP contribution >= 0.6 is 11.6 Å². The van der Waals surface area contributed by atoms with Gasteiger partial charge in [-0.05, 0) is 31.2 Å². The summed E-state index contributed by atoms with van der Waals surface area (Å²) in [6.45, 7) is 4.33. The second-order valence-electron chi connectivity index (χ2n) is 4.25. The monoisotopic (exact) mass is 273 g/mol. The van der Waals surface area contributed by atoms with E-state index in [9.17, 15) is 4.21 Å². The first-order valence-electron chi connectivity index (χ1n) is 5.89. The van der Waals surface area contributed by atoms with Gasteiger partial charge in [-0.25, -0.2) is 0 Å². The van der Waals surface area contributed by atoms with Gasteiger partial charge in [0.15, 0.2) is 0 Å². The standard InChI is InChI=1S/C13H20ClNOS/c1-4-10(2)13(15-3)9-17(16)12-7-5-6-11(14)8-12/h5-8,10,13,15H,4,9H2,1-3H3. The van der Waals surface area contributed by atoms with Crippen LogP contribution in [0.3, 0.4) is 0 Å². The van der Waals surface area contributed by atoms with Gasteiger partial charge >= 0.3 is 0 Å². The van der Waals surface area contributed by atoms with Crippen molar-refractivity contribution in [2.24, 2.45) is 5.92 Å². The highest BCUT2D eigenvalue weighted by atomic mass is 35.5. The molecule has 0 aliphatic carbocycles. The van der Waals surface area contributed by atoms with Crippen LogP contribution in [0, 0.1) is 5.92 Å². The van der Waals surface area contributed by atoms with E-state index in [4.69, 9.17) is 11.6 Å². The average molecular weight is 274 g/mol. The zero-order chi connectivity index (χ0) is 12.8. The minimum Gasteiger partial charge on any atom is -0.316 e. The number of hydrogen-bond acceptors (Lipinski definition) is 2. The van der Waals surface area contributed by atoms with Gasteiger partial charge in [-0.15, -0.1) is 0 Å². The fraction of sp³-hybridized carbons (Fsp3) is 0.538. The Labute approximate surface area is 111 Å². The molecule has 3 unspecified atom stereocenters. The highest BCUT2D eigenvalue weighted by Crippen LogP contribution is 2.16. The molecular formula is C13H20ClNOS. The minimum absolute atomic E-state index is 0.278. The third-order valence-corrected chi connectivity index (χ3v) is 4.77.